The van der Waals surface area contributed by atoms with Crippen LogP contribution in [0.3, 0.4) is 0 Å². The minimum Gasteiger partial charge on any atom is -0.492 e. The van der Waals surface area contributed by atoms with Crippen LogP contribution in [0.2, 0.25) is 0 Å². The highest BCUT2D eigenvalue weighted by Crippen LogP contribution is 2.13. The van der Waals surface area contributed by atoms with Gasteiger partial charge in [0.25, 0.3) is 0 Å². The molecule has 94 valence electrons. The molecule has 0 spiro atoms. The topological polar surface area (TPSA) is 77.2 Å². The first-order chi connectivity index (χ1) is 8.66. The zero-order valence-electron chi connectivity index (χ0n) is 9.91. The van der Waals surface area contributed by atoms with Gasteiger partial charge in [-0.1, -0.05) is 6.07 Å². The number of hydrogen-bond acceptors (Lipinski definition) is 4. The fourth-order valence-corrected chi connectivity index (χ4v) is 1.51. The minimum absolute atomic E-state index is 0.212. The molecule has 2 aromatic rings. The van der Waals surface area contributed by atoms with Crippen LogP contribution in [-0.4, -0.2) is 32.4 Å². The Morgan fingerprint density at radius 2 is 2.33 bits per heavy atom. The lowest BCUT2D eigenvalue weighted by atomic mass is 10.2. The summed E-state index contributed by atoms with van der Waals surface area (Å²) < 4.78 is 7.20. The number of nitrogens with zero attached hydrogens (tertiary/aromatic N) is 3. The van der Waals surface area contributed by atoms with Gasteiger partial charge in [-0.25, -0.2) is 14.5 Å². The Kier molecular flexibility index (Phi) is 3.57. The van der Waals surface area contributed by atoms with Gasteiger partial charge < -0.3 is 9.84 Å². The Hall–Kier alpha value is -2.37. The van der Waals surface area contributed by atoms with Gasteiger partial charge in [0.15, 0.2) is 0 Å². The first-order valence-corrected chi connectivity index (χ1v) is 5.47. The molecule has 0 amide bonds. The van der Waals surface area contributed by atoms with Crippen LogP contribution < -0.4 is 4.74 Å². The van der Waals surface area contributed by atoms with E-state index < -0.39 is 5.97 Å². The Morgan fingerprint density at radius 1 is 1.50 bits per heavy atom. The Labute approximate surface area is 104 Å². The van der Waals surface area contributed by atoms with E-state index in [1.165, 1.54) is 18.5 Å². The molecule has 0 fully saturated rings. The van der Waals surface area contributed by atoms with Crippen molar-refractivity contribution in [3.63, 3.8) is 0 Å². The number of benzene rings is 1. The van der Waals surface area contributed by atoms with Gasteiger partial charge in [0, 0.05) is 0 Å². The molecule has 0 bridgehead atoms. The molecular formula is C12H13N3O3. The van der Waals surface area contributed by atoms with Crippen molar-refractivity contribution in [2.45, 2.75) is 13.5 Å². The molecule has 1 N–H and O–H groups in total. The van der Waals surface area contributed by atoms with Gasteiger partial charge in [-0.3, -0.25) is 0 Å². The third-order valence-electron chi connectivity index (χ3n) is 2.46. The molecule has 0 saturated carbocycles. The lowest BCUT2D eigenvalue weighted by Gasteiger charge is -2.07. The second-order valence-electron chi connectivity index (χ2n) is 3.71. The summed E-state index contributed by atoms with van der Waals surface area (Å²) in [4.78, 5) is 14.8. The number of ether oxygens (including phenoxy) is 1. The minimum atomic E-state index is -0.965. The second-order valence-corrected chi connectivity index (χ2v) is 3.71. The molecule has 6 nitrogen and oxygen atoms in total. The van der Waals surface area contributed by atoms with Gasteiger partial charge in [0.1, 0.15) is 24.5 Å². The van der Waals surface area contributed by atoms with E-state index in [9.17, 15) is 4.79 Å². The normalized spacial score (nSPS) is 10.3. The van der Waals surface area contributed by atoms with Crippen LogP contribution in [0.1, 0.15) is 16.2 Å². The number of carboxylic acids is 1. The largest absolute Gasteiger partial charge is 0.492 e. The molecule has 2 rings (SSSR count). The number of rotatable bonds is 5. The van der Waals surface area contributed by atoms with E-state index >= 15 is 0 Å². The van der Waals surface area contributed by atoms with Crippen LogP contribution >= 0.6 is 0 Å². The third kappa shape index (κ3) is 2.85. The van der Waals surface area contributed by atoms with Crippen molar-refractivity contribution in [1.29, 1.82) is 0 Å². The zero-order chi connectivity index (χ0) is 13.0. The third-order valence-corrected chi connectivity index (χ3v) is 2.46. The Balaban J connectivity index is 1.92. The average Bonchev–Trinajstić information content (AvgIpc) is 2.76. The molecule has 1 aromatic carbocycles. The summed E-state index contributed by atoms with van der Waals surface area (Å²) in [5.74, 6) is 0.387. The van der Waals surface area contributed by atoms with Crippen molar-refractivity contribution < 1.29 is 14.6 Å². The maximum atomic E-state index is 10.8. The molecule has 0 saturated heterocycles. The van der Waals surface area contributed by atoms with Gasteiger partial charge in [0.05, 0.1) is 12.1 Å². The van der Waals surface area contributed by atoms with Crippen LogP contribution in [-0.2, 0) is 6.54 Å². The first kappa shape index (κ1) is 12.1. The SMILES string of the molecule is Cc1ncnn1CCOc1cccc(C(=O)O)c1. The van der Waals surface area contributed by atoms with Crippen molar-refractivity contribution in [2.24, 2.45) is 0 Å². The Bertz CT molecular complexity index is 551. The summed E-state index contributed by atoms with van der Waals surface area (Å²) in [6.45, 7) is 2.84. The molecular weight excluding hydrogens is 234 g/mol. The maximum Gasteiger partial charge on any atom is 0.335 e. The molecule has 0 unspecified atom stereocenters. The van der Waals surface area contributed by atoms with Gasteiger partial charge >= 0.3 is 5.97 Å². The molecule has 18 heavy (non-hydrogen) atoms. The van der Waals surface area contributed by atoms with Gasteiger partial charge in [-0.15, -0.1) is 0 Å². The molecule has 0 atom stereocenters. The highest BCUT2D eigenvalue weighted by molar-refractivity contribution is 5.87. The lowest BCUT2D eigenvalue weighted by Crippen LogP contribution is -2.11. The van der Waals surface area contributed by atoms with Crippen molar-refractivity contribution in [2.75, 3.05) is 6.61 Å². The quantitative estimate of drug-likeness (QED) is 0.863. The van der Waals surface area contributed by atoms with E-state index in [4.69, 9.17) is 9.84 Å². The standard InChI is InChI=1S/C12H13N3O3/c1-9-13-8-14-15(9)5-6-18-11-4-2-3-10(7-11)12(16)17/h2-4,7-8H,5-6H2,1H3,(H,16,17). The zero-order valence-corrected chi connectivity index (χ0v) is 9.91. The average molecular weight is 247 g/mol. The van der Waals surface area contributed by atoms with Gasteiger partial charge in [-0.2, -0.15) is 5.10 Å². The number of carbonyl (C=O) groups is 1. The van der Waals surface area contributed by atoms with Crippen molar-refractivity contribution in [3.8, 4) is 5.75 Å². The predicted molar refractivity (Wildman–Crippen MR) is 63.7 cm³/mol. The van der Waals surface area contributed by atoms with Crippen molar-refractivity contribution in [3.05, 3.63) is 42.0 Å². The molecule has 6 heteroatoms. The summed E-state index contributed by atoms with van der Waals surface area (Å²) in [7, 11) is 0. The molecule has 1 heterocycles. The summed E-state index contributed by atoms with van der Waals surface area (Å²) in [5.41, 5.74) is 0.212. The van der Waals surface area contributed by atoms with Crippen LogP contribution in [0.25, 0.3) is 0 Å². The number of aromatic carboxylic acids is 1. The number of carboxylic acid groups (broad SMARTS) is 1. The van der Waals surface area contributed by atoms with Crippen LogP contribution in [0.15, 0.2) is 30.6 Å². The Morgan fingerprint density at radius 3 is 3.00 bits per heavy atom. The molecule has 0 aliphatic carbocycles. The van der Waals surface area contributed by atoms with Crippen LogP contribution in [0, 0.1) is 6.92 Å². The van der Waals surface area contributed by atoms with Gasteiger partial charge in [-0.05, 0) is 25.1 Å². The molecule has 0 aliphatic rings. The number of aromatic nitrogens is 3. The lowest BCUT2D eigenvalue weighted by molar-refractivity contribution is 0.0696. The summed E-state index contributed by atoms with van der Waals surface area (Å²) in [6.07, 6.45) is 1.49. The van der Waals surface area contributed by atoms with E-state index in [0.29, 0.717) is 18.9 Å². The summed E-state index contributed by atoms with van der Waals surface area (Å²) in [5, 5.41) is 12.9. The van der Waals surface area contributed by atoms with Gasteiger partial charge in [0.2, 0.25) is 0 Å². The van der Waals surface area contributed by atoms with Crippen molar-refractivity contribution >= 4 is 5.97 Å². The molecule has 1 aromatic heterocycles. The van der Waals surface area contributed by atoms with Crippen LogP contribution in [0.4, 0.5) is 0 Å². The first-order valence-electron chi connectivity index (χ1n) is 5.47. The van der Waals surface area contributed by atoms with Crippen molar-refractivity contribution in [1.82, 2.24) is 14.8 Å². The molecule has 0 aliphatic heterocycles. The predicted octanol–water partition coefficient (Wildman–Crippen LogP) is 1.36. The van der Waals surface area contributed by atoms with Crippen LogP contribution in [0.5, 0.6) is 5.75 Å². The summed E-state index contributed by atoms with van der Waals surface area (Å²) in [6, 6.07) is 6.40. The highest BCUT2D eigenvalue weighted by Gasteiger charge is 2.04. The molecule has 0 radical (unpaired) electrons. The fraction of sp³-hybridized carbons (Fsp3) is 0.250. The van der Waals surface area contributed by atoms with E-state index in [1.807, 2.05) is 6.92 Å². The summed E-state index contributed by atoms with van der Waals surface area (Å²) >= 11 is 0. The van der Waals surface area contributed by atoms with E-state index in [-0.39, 0.29) is 5.56 Å². The monoisotopic (exact) mass is 247 g/mol. The van der Waals surface area contributed by atoms with E-state index in [2.05, 4.69) is 10.1 Å². The maximum absolute atomic E-state index is 10.8. The smallest absolute Gasteiger partial charge is 0.335 e. The number of aryl methyl sites for hydroxylation is 1. The van der Waals surface area contributed by atoms with E-state index in [1.54, 1.807) is 16.8 Å². The van der Waals surface area contributed by atoms with E-state index in [0.717, 1.165) is 5.82 Å². The second kappa shape index (κ2) is 5.31. The fourth-order valence-electron chi connectivity index (χ4n) is 1.51. The number of hydrogen-bond donors (Lipinski definition) is 1. The highest BCUT2D eigenvalue weighted by atomic mass is 16.5.